The lowest BCUT2D eigenvalue weighted by Gasteiger charge is -2.51. The minimum Gasteiger partial charge on any atom is -0.381 e. The summed E-state index contributed by atoms with van der Waals surface area (Å²) < 4.78 is 31.4. The third-order valence-corrected chi connectivity index (χ3v) is 3.58. The smallest absolute Gasteiger partial charge is 0.168 e. The number of halogens is 2. The minimum atomic E-state index is -0.671. The van der Waals surface area contributed by atoms with Crippen LogP contribution >= 0.6 is 0 Å². The Morgan fingerprint density at radius 3 is 2.71 bits per heavy atom. The molecule has 2 unspecified atom stereocenters. The first-order chi connectivity index (χ1) is 7.95. The first kappa shape index (κ1) is 12.2. The maximum absolute atomic E-state index is 13.4. The zero-order chi connectivity index (χ0) is 12.6. The molecule has 5 heteroatoms. The average Bonchev–Trinajstić information content (AvgIpc) is 2.26. The van der Waals surface area contributed by atoms with Gasteiger partial charge in [-0.15, -0.1) is 0 Å². The molecule has 0 aromatic carbocycles. The quantitative estimate of drug-likeness (QED) is 0.884. The topological polar surface area (TPSA) is 34.1 Å². The number of aromatic nitrogens is 1. The van der Waals surface area contributed by atoms with Gasteiger partial charge in [0.15, 0.2) is 11.6 Å². The number of anilines is 1. The van der Waals surface area contributed by atoms with Gasteiger partial charge >= 0.3 is 0 Å². The number of hydrogen-bond acceptors (Lipinski definition) is 3. The van der Waals surface area contributed by atoms with E-state index in [2.05, 4.69) is 10.3 Å². The summed E-state index contributed by atoms with van der Waals surface area (Å²) >= 11 is 0. The predicted octanol–water partition coefficient (Wildman–Crippen LogP) is 2.59. The van der Waals surface area contributed by atoms with Gasteiger partial charge in [0.2, 0.25) is 0 Å². The third kappa shape index (κ3) is 2.11. The van der Waals surface area contributed by atoms with Crippen LogP contribution in [0.5, 0.6) is 0 Å². The van der Waals surface area contributed by atoms with E-state index in [1.54, 1.807) is 7.11 Å². The highest BCUT2D eigenvalue weighted by atomic mass is 19.1. The Balaban J connectivity index is 2.08. The summed E-state index contributed by atoms with van der Waals surface area (Å²) in [4.78, 5) is 3.71. The molecule has 2 rings (SSSR count). The predicted molar refractivity (Wildman–Crippen MR) is 60.8 cm³/mol. The highest BCUT2D eigenvalue weighted by Gasteiger charge is 2.48. The summed E-state index contributed by atoms with van der Waals surface area (Å²) in [6.45, 7) is 4.09. The molecule has 17 heavy (non-hydrogen) atoms. The van der Waals surface area contributed by atoms with Gasteiger partial charge in [0.05, 0.1) is 12.3 Å². The SMILES string of the molecule is COC1CC(Nc2ncc(F)cc2F)C1(C)C. The fourth-order valence-electron chi connectivity index (χ4n) is 2.22. The maximum atomic E-state index is 13.4. The Morgan fingerprint density at radius 1 is 1.47 bits per heavy atom. The second-order valence-electron chi connectivity index (χ2n) is 4.96. The molecule has 1 fully saturated rings. The lowest BCUT2D eigenvalue weighted by molar-refractivity contribution is -0.0796. The fraction of sp³-hybridized carbons (Fsp3) is 0.583. The van der Waals surface area contributed by atoms with Crippen LogP contribution in [-0.2, 0) is 4.74 Å². The first-order valence-electron chi connectivity index (χ1n) is 5.55. The van der Waals surface area contributed by atoms with Gasteiger partial charge in [-0.05, 0) is 6.42 Å². The molecular formula is C12H16F2N2O. The highest BCUT2D eigenvalue weighted by molar-refractivity contribution is 5.39. The van der Waals surface area contributed by atoms with Crippen LogP contribution in [0.1, 0.15) is 20.3 Å². The van der Waals surface area contributed by atoms with E-state index in [-0.39, 0.29) is 23.4 Å². The average molecular weight is 242 g/mol. The lowest BCUT2D eigenvalue weighted by Crippen LogP contribution is -2.57. The second-order valence-corrected chi connectivity index (χ2v) is 4.96. The summed E-state index contributed by atoms with van der Waals surface area (Å²) in [6, 6.07) is 0.911. The Hall–Kier alpha value is -1.23. The number of ether oxygens (including phenoxy) is 1. The van der Waals surface area contributed by atoms with E-state index < -0.39 is 11.6 Å². The Bertz CT molecular complexity index is 423. The Kier molecular flexibility index (Phi) is 3.03. The van der Waals surface area contributed by atoms with Crippen molar-refractivity contribution in [3.8, 4) is 0 Å². The van der Waals surface area contributed by atoms with Crippen molar-refractivity contribution in [2.24, 2.45) is 5.41 Å². The van der Waals surface area contributed by atoms with E-state index in [9.17, 15) is 8.78 Å². The molecule has 1 N–H and O–H groups in total. The minimum absolute atomic E-state index is 0.0833. The molecule has 1 aromatic heterocycles. The monoisotopic (exact) mass is 242 g/mol. The number of rotatable bonds is 3. The van der Waals surface area contributed by atoms with Crippen LogP contribution in [0, 0.1) is 17.0 Å². The van der Waals surface area contributed by atoms with Gasteiger partial charge in [0.25, 0.3) is 0 Å². The molecule has 0 spiro atoms. The zero-order valence-electron chi connectivity index (χ0n) is 10.1. The number of hydrogen-bond donors (Lipinski definition) is 1. The number of nitrogens with zero attached hydrogens (tertiary/aromatic N) is 1. The van der Waals surface area contributed by atoms with Crippen LogP contribution < -0.4 is 5.32 Å². The van der Waals surface area contributed by atoms with Gasteiger partial charge in [-0.2, -0.15) is 0 Å². The molecule has 0 aliphatic heterocycles. The van der Waals surface area contributed by atoms with Crippen LogP contribution in [0.25, 0.3) is 0 Å². The van der Waals surface area contributed by atoms with Crippen LogP contribution in [0.2, 0.25) is 0 Å². The fourth-order valence-corrected chi connectivity index (χ4v) is 2.22. The van der Waals surface area contributed by atoms with Crippen LogP contribution in [0.4, 0.5) is 14.6 Å². The van der Waals surface area contributed by atoms with E-state index in [4.69, 9.17) is 4.74 Å². The molecule has 1 aliphatic carbocycles. The van der Waals surface area contributed by atoms with Gasteiger partial charge in [0, 0.05) is 24.6 Å². The van der Waals surface area contributed by atoms with E-state index in [0.29, 0.717) is 0 Å². The summed E-state index contributed by atoms with van der Waals surface area (Å²) in [5, 5.41) is 3.00. The number of methoxy groups -OCH3 is 1. The van der Waals surface area contributed by atoms with E-state index in [1.165, 1.54) is 0 Å². The molecule has 1 aromatic rings. The van der Waals surface area contributed by atoms with Crippen LogP contribution in [0.3, 0.4) is 0 Å². The maximum Gasteiger partial charge on any atom is 0.168 e. The standard InChI is InChI=1S/C12H16F2N2O/c1-12(2)9(5-10(12)17-3)16-11-8(14)4-7(13)6-15-11/h4,6,9-10H,5H2,1-3H3,(H,15,16). The largest absolute Gasteiger partial charge is 0.381 e. The van der Waals surface area contributed by atoms with Crippen molar-refractivity contribution < 1.29 is 13.5 Å². The number of nitrogens with one attached hydrogen (secondary N) is 1. The third-order valence-electron chi connectivity index (χ3n) is 3.58. The summed E-state index contributed by atoms with van der Waals surface area (Å²) in [6.07, 6.45) is 1.95. The van der Waals surface area contributed by atoms with Crippen molar-refractivity contribution in [1.29, 1.82) is 0 Å². The van der Waals surface area contributed by atoms with Gasteiger partial charge < -0.3 is 10.1 Å². The summed E-state index contributed by atoms with van der Waals surface area (Å²) in [7, 11) is 1.67. The summed E-state index contributed by atoms with van der Waals surface area (Å²) in [5.74, 6) is -1.24. The molecule has 1 aliphatic rings. The van der Waals surface area contributed by atoms with Crippen molar-refractivity contribution >= 4 is 5.82 Å². The van der Waals surface area contributed by atoms with Gasteiger partial charge in [-0.1, -0.05) is 13.8 Å². The molecule has 1 saturated carbocycles. The summed E-state index contributed by atoms with van der Waals surface area (Å²) in [5.41, 5.74) is -0.0861. The first-order valence-corrected chi connectivity index (χ1v) is 5.55. The van der Waals surface area contributed by atoms with Crippen molar-refractivity contribution in [1.82, 2.24) is 4.98 Å². The van der Waals surface area contributed by atoms with E-state index in [1.807, 2.05) is 13.8 Å². The van der Waals surface area contributed by atoms with E-state index >= 15 is 0 Å². The molecule has 0 radical (unpaired) electrons. The Morgan fingerprint density at radius 2 is 2.18 bits per heavy atom. The van der Waals surface area contributed by atoms with Crippen LogP contribution in [0.15, 0.2) is 12.3 Å². The molecule has 94 valence electrons. The number of pyridine rings is 1. The lowest BCUT2D eigenvalue weighted by atomic mass is 9.64. The normalized spacial score (nSPS) is 26.4. The van der Waals surface area contributed by atoms with Gasteiger partial charge in [-0.3, -0.25) is 0 Å². The van der Waals surface area contributed by atoms with Crippen molar-refractivity contribution in [3.05, 3.63) is 23.9 Å². The molecule has 3 nitrogen and oxygen atoms in total. The molecule has 0 amide bonds. The zero-order valence-corrected chi connectivity index (χ0v) is 10.1. The van der Waals surface area contributed by atoms with E-state index in [0.717, 1.165) is 18.7 Å². The van der Waals surface area contributed by atoms with Crippen molar-refractivity contribution in [2.75, 3.05) is 12.4 Å². The molecule has 0 saturated heterocycles. The van der Waals surface area contributed by atoms with Gasteiger partial charge in [-0.25, -0.2) is 13.8 Å². The molecular weight excluding hydrogens is 226 g/mol. The van der Waals surface area contributed by atoms with Crippen molar-refractivity contribution in [3.63, 3.8) is 0 Å². The van der Waals surface area contributed by atoms with Crippen molar-refractivity contribution in [2.45, 2.75) is 32.4 Å². The molecule has 2 atom stereocenters. The molecule has 0 bridgehead atoms. The van der Waals surface area contributed by atoms with Crippen LogP contribution in [-0.4, -0.2) is 24.2 Å². The Labute approximate surface area is 99.2 Å². The molecule has 1 heterocycles. The second kappa shape index (κ2) is 4.22. The highest BCUT2D eigenvalue weighted by Crippen LogP contribution is 2.43. The van der Waals surface area contributed by atoms with Gasteiger partial charge in [0.1, 0.15) is 5.82 Å².